The van der Waals surface area contributed by atoms with E-state index in [1.807, 2.05) is 23.6 Å². The van der Waals surface area contributed by atoms with Crippen LogP contribution in [0.1, 0.15) is 39.5 Å². The lowest BCUT2D eigenvalue weighted by Gasteiger charge is -2.20. The summed E-state index contributed by atoms with van der Waals surface area (Å²) < 4.78 is 0. The van der Waals surface area contributed by atoms with Gasteiger partial charge in [-0.2, -0.15) is 11.8 Å². The second-order valence-electron chi connectivity index (χ2n) is 4.50. The average molecular weight is 244 g/mol. The van der Waals surface area contributed by atoms with Crippen molar-refractivity contribution in [1.82, 2.24) is 10.2 Å². The van der Waals surface area contributed by atoms with E-state index in [0.717, 1.165) is 13.0 Å². The van der Waals surface area contributed by atoms with E-state index in [-0.39, 0.29) is 18.1 Å². The van der Waals surface area contributed by atoms with E-state index in [4.69, 9.17) is 0 Å². The van der Waals surface area contributed by atoms with Crippen molar-refractivity contribution in [2.45, 2.75) is 51.7 Å². The van der Waals surface area contributed by atoms with E-state index >= 15 is 0 Å². The molecule has 1 amide bonds. The van der Waals surface area contributed by atoms with Crippen LogP contribution in [0.3, 0.4) is 0 Å². The lowest BCUT2D eigenvalue weighted by molar-refractivity contribution is -0.129. The smallest absolute Gasteiger partial charge is 0.240 e. The third-order valence-corrected chi connectivity index (χ3v) is 3.81. The zero-order chi connectivity index (χ0) is 12.0. The highest BCUT2D eigenvalue weighted by atomic mass is 32.2. The largest absolute Gasteiger partial charge is 0.326 e. The van der Waals surface area contributed by atoms with Crippen molar-refractivity contribution in [3.8, 4) is 0 Å². The number of carbonyl (C=O) groups is 1. The van der Waals surface area contributed by atoms with E-state index in [1.165, 1.54) is 25.0 Å². The predicted molar refractivity (Wildman–Crippen MR) is 70.6 cm³/mol. The normalized spacial score (nSPS) is 25.4. The minimum Gasteiger partial charge on any atom is -0.326 e. The molecule has 3 nitrogen and oxygen atoms in total. The molecule has 0 aromatic carbocycles. The number of rotatable bonds is 7. The molecule has 4 heteroatoms. The molecular weight excluding hydrogens is 220 g/mol. The maximum absolute atomic E-state index is 11.7. The Balaban J connectivity index is 2.10. The van der Waals surface area contributed by atoms with E-state index < -0.39 is 0 Å². The summed E-state index contributed by atoms with van der Waals surface area (Å²) >= 11 is 1.91. The molecule has 0 saturated carbocycles. The fraction of sp³-hybridized carbons (Fsp3) is 0.917. The average Bonchev–Trinajstić information content (AvgIpc) is 2.49. The molecule has 0 spiro atoms. The Morgan fingerprint density at radius 1 is 1.25 bits per heavy atom. The maximum Gasteiger partial charge on any atom is 0.240 e. The van der Waals surface area contributed by atoms with E-state index in [2.05, 4.69) is 18.5 Å². The van der Waals surface area contributed by atoms with Crippen LogP contribution in [0.5, 0.6) is 0 Å². The molecule has 1 saturated heterocycles. The summed E-state index contributed by atoms with van der Waals surface area (Å²) in [6.45, 7) is 4.92. The summed E-state index contributed by atoms with van der Waals surface area (Å²) in [5.74, 6) is 1.52. The van der Waals surface area contributed by atoms with Crippen molar-refractivity contribution in [3.05, 3.63) is 0 Å². The number of thioether (sulfide) groups is 1. The SMILES string of the molecule is CSCCCCCCN1C(=O)C(C)NC1C. The molecule has 94 valence electrons. The third kappa shape index (κ3) is 3.98. The summed E-state index contributed by atoms with van der Waals surface area (Å²) in [5.41, 5.74) is 0. The molecule has 1 rings (SSSR count). The fourth-order valence-electron chi connectivity index (χ4n) is 2.15. The van der Waals surface area contributed by atoms with Gasteiger partial charge in [-0.25, -0.2) is 0 Å². The van der Waals surface area contributed by atoms with Crippen molar-refractivity contribution < 1.29 is 4.79 Å². The number of nitrogens with one attached hydrogen (secondary N) is 1. The molecule has 1 aliphatic heterocycles. The molecule has 0 bridgehead atoms. The number of unbranched alkanes of at least 4 members (excludes halogenated alkanes) is 3. The number of hydrogen-bond donors (Lipinski definition) is 1. The Morgan fingerprint density at radius 2 is 1.94 bits per heavy atom. The number of amides is 1. The highest BCUT2D eigenvalue weighted by Crippen LogP contribution is 2.12. The molecule has 1 fully saturated rings. The van der Waals surface area contributed by atoms with Gasteiger partial charge in [0, 0.05) is 6.54 Å². The molecule has 1 aliphatic rings. The Morgan fingerprint density at radius 3 is 2.50 bits per heavy atom. The highest BCUT2D eigenvalue weighted by Gasteiger charge is 2.32. The number of nitrogens with zero attached hydrogens (tertiary/aromatic N) is 1. The van der Waals surface area contributed by atoms with Crippen LogP contribution in [-0.2, 0) is 4.79 Å². The van der Waals surface area contributed by atoms with Crippen LogP contribution >= 0.6 is 11.8 Å². The maximum atomic E-state index is 11.7. The van der Waals surface area contributed by atoms with Gasteiger partial charge in [0.05, 0.1) is 12.2 Å². The van der Waals surface area contributed by atoms with Gasteiger partial charge >= 0.3 is 0 Å². The third-order valence-electron chi connectivity index (χ3n) is 3.11. The van der Waals surface area contributed by atoms with Crippen LogP contribution in [-0.4, -0.2) is 41.6 Å². The number of carbonyl (C=O) groups excluding carboxylic acids is 1. The Labute approximate surface area is 103 Å². The summed E-state index contributed by atoms with van der Waals surface area (Å²) in [7, 11) is 0. The van der Waals surface area contributed by atoms with Gasteiger partial charge in [-0.15, -0.1) is 0 Å². The molecule has 0 radical (unpaired) electrons. The van der Waals surface area contributed by atoms with Crippen LogP contribution in [0.15, 0.2) is 0 Å². The molecule has 2 unspecified atom stereocenters. The van der Waals surface area contributed by atoms with Gasteiger partial charge < -0.3 is 4.90 Å². The van der Waals surface area contributed by atoms with Crippen molar-refractivity contribution in [2.24, 2.45) is 0 Å². The van der Waals surface area contributed by atoms with Crippen molar-refractivity contribution in [3.63, 3.8) is 0 Å². The minimum absolute atomic E-state index is 0.00601. The van der Waals surface area contributed by atoms with Gasteiger partial charge in [-0.05, 0) is 38.7 Å². The van der Waals surface area contributed by atoms with E-state index in [9.17, 15) is 4.79 Å². The molecule has 1 N–H and O–H groups in total. The van der Waals surface area contributed by atoms with Gasteiger partial charge in [0.1, 0.15) is 0 Å². The lowest BCUT2D eigenvalue weighted by Crippen LogP contribution is -2.35. The summed E-state index contributed by atoms with van der Waals surface area (Å²) in [6, 6.07) is 0.00601. The summed E-state index contributed by atoms with van der Waals surface area (Å²) in [6.07, 6.45) is 7.34. The Hall–Kier alpha value is -0.220. The monoisotopic (exact) mass is 244 g/mol. The first-order valence-corrected chi connectivity index (χ1v) is 7.61. The first-order chi connectivity index (χ1) is 7.66. The van der Waals surface area contributed by atoms with Crippen molar-refractivity contribution in [1.29, 1.82) is 0 Å². The molecular formula is C12H24N2OS. The second-order valence-corrected chi connectivity index (χ2v) is 5.49. The van der Waals surface area contributed by atoms with Gasteiger partial charge in [-0.1, -0.05) is 12.8 Å². The van der Waals surface area contributed by atoms with Crippen LogP contribution < -0.4 is 5.32 Å². The molecule has 2 atom stereocenters. The molecule has 0 aromatic rings. The van der Waals surface area contributed by atoms with Crippen LogP contribution in [0.25, 0.3) is 0 Å². The Kier molecular flexibility index (Phi) is 6.21. The molecule has 0 aliphatic carbocycles. The predicted octanol–water partition coefficient (Wildman–Crippen LogP) is 2.08. The molecule has 1 heterocycles. The van der Waals surface area contributed by atoms with E-state index in [0.29, 0.717) is 0 Å². The summed E-state index contributed by atoms with van der Waals surface area (Å²) in [5, 5.41) is 3.25. The lowest BCUT2D eigenvalue weighted by atomic mass is 10.2. The van der Waals surface area contributed by atoms with Crippen LogP contribution in [0.2, 0.25) is 0 Å². The van der Waals surface area contributed by atoms with Gasteiger partial charge in [-0.3, -0.25) is 10.1 Å². The van der Waals surface area contributed by atoms with Crippen LogP contribution in [0, 0.1) is 0 Å². The summed E-state index contributed by atoms with van der Waals surface area (Å²) in [4.78, 5) is 13.7. The standard InChI is InChI=1S/C12H24N2OS/c1-10-12(15)14(11(2)13-10)8-6-4-5-7-9-16-3/h10-11,13H,4-9H2,1-3H3. The molecule has 16 heavy (non-hydrogen) atoms. The van der Waals surface area contributed by atoms with Crippen LogP contribution in [0.4, 0.5) is 0 Å². The number of hydrogen-bond acceptors (Lipinski definition) is 3. The van der Waals surface area contributed by atoms with E-state index in [1.54, 1.807) is 0 Å². The quantitative estimate of drug-likeness (QED) is 0.696. The Bertz CT molecular complexity index is 223. The zero-order valence-corrected chi connectivity index (χ0v) is 11.5. The first-order valence-electron chi connectivity index (χ1n) is 6.22. The second kappa shape index (κ2) is 7.17. The zero-order valence-electron chi connectivity index (χ0n) is 10.7. The molecule has 0 aromatic heterocycles. The van der Waals surface area contributed by atoms with Gasteiger partial charge in [0.25, 0.3) is 0 Å². The fourth-order valence-corrected chi connectivity index (χ4v) is 2.64. The van der Waals surface area contributed by atoms with Crippen molar-refractivity contribution >= 4 is 17.7 Å². The van der Waals surface area contributed by atoms with Gasteiger partial charge in [0.15, 0.2) is 0 Å². The topological polar surface area (TPSA) is 32.3 Å². The first kappa shape index (κ1) is 13.8. The van der Waals surface area contributed by atoms with Gasteiger partial charge in [0.2, 0.25) is 5.91 Å². The minimum atomic E-state index is 0.00601. The van der Waals surface area contributed by atoms with Crippen molar-refractivity contribution in [2.75, 3.05) is 18.6 Å². The highest BCUT2D eigenvalue weighted by molar-refractivity contribution is 7.98.